The first-order valence-corrected chi connectivity index (χ1v) is 9.18. The molecule has 0 saturated carbocycles. The summed E-state index contributed by atoms with van der Waals surface area (Å²) in [6.07, 6.45) is 0. The lowest BCUT2D eigenvalue weighted by atomic mass is 9.99. The first-order chi connectivity index (χ1) is 15.2. The molecule has 0 aliphatic rings. The zero-order valence-electron chi connectivity index (χ0n) is 16.4. The molecule has 4 aromatic rings. The highest BCUT2D eigenvalue weighted by atomic mass is 16.4. The van der Waals surface area contributed by atoms with Gasteiger partial charge in [0.1, 0.15) is 0 Å². The lowest BCUT2D eigenvalue weighted by molar-refractivity contribution is 0.0652. The Morgan fingerprint density at radius 1 is 0.438 bits per heavy atom. The van der Waals surface area contributed by atoms with E-state index in [1.165, 1.54) is 24.3 Å². The molecule has 0 aliphatic heterocycles. The summed E-state index contributed by atoms with van der Waals surface area (Å²) in [6, 6.07) is 19.2. The van der Waals surface area contributed by atoms with Crippen LogP contribution in [0.15, 0.2) is 72.8 Å². The van der Waals surface area contributed by atoms with E-state index < -0.39 is 23.9 Å². The number of carboxylic acid groups (broad SMARTS) is 4. The van der Waals surface area contributed by atoms with Crippen LogP contribution in [0.25, 0.3) is 21.5 Å². The zero-order chi connectivity index (χ0) is 23.4. The highest BCUT2D eigenvalue weighted by Gasteiger charge is 2.17. The van der Waals surface area contributed by atoms with Crippen molar-refractivity contribution in [3.8, 4) is 0 Å². The Hall–Kier alpha value is -4.72. The van der Waals surface area contributed by atoms with Crippen molar-refractivity contribution in [3.63, 3.8) is 0 Å². The van der Waals surface area contributed by atoms with Crippen molar-refractivity contribution in [2.75, 3.05) is 0 Å². The summed E-state index contributed by atoms with van der Waals surface area (Å²) < 4.78 is 0. The average molecular weight is 432 g/mol. The largest absolute Gasteiger partial charge is 0.478 e. The molecule has 0 bridgehead atoms. The Labute approximate surface area is 180 Å². The van der Waals surface area contributed by atoms with Crippen molar-refractivity contribution in [2.45, 2.75) is 0 Å². The molecule has 0 unspecified atom stereocenters. The van der Waals surface area contributed by atoms with Crippen molar-refractivity contribution in [3.05, 3.63) is 95.1 Å². The minimum absolute atomic E-state index is 0.00972. The van der Waals surface area contributed by atoms with Gasteiger partial charge in [0.2, 0.25) is 0 Å². The smallest absolute Gasteiger partial charge is 0.336 e. The molecule has 8 nitrogen and oxygen atoms in total. The second-order valence-electron chi connectivity index (χ2n) is 6.67. The van der Waals surface area contributed by atoms with Gasteiger partial charge in [0, 0.05) is 5.39 Å². The van der Waals surface area contributed by atoms with Gasteiger partial charge in [0.25, 0.3) is 0 Å². The summed E-state index contributed by atoms with van der Waals surface area (Å²) in [5.41, 5.74) is -0.358. The van der Waals surface area contributed by atoms with E-state index in [1.807, 2.05) is 0 Å². The topological polar surface area (TPSA) is 149 Å². The zero-order valence-corrected chi connectivity index (χ0v) is 16.4. The summed E-state index contributed by atoms with van der Waals surface area (Å²) in [7, 11) is 0. The summed E-state index contributed by atoms with van der Waals surface area (Å²) in [5.74, 6) is -4.72. The number of aromatic carboxylic acids is 4. The van der Waals surface area contributed by atoms with Crippen LogP contribution in [0.3, 0.4) is 0 Å². The van der Waals surface area contributed by atoms with Gasteiger partial charge in [-0.25, -0.2) is 19.2 Å². The second-order valence-corrected chi connectivity index (χ2v) is 6.67. The highest BCUT2D eigenvalue weighted by molar-refractivity contribution is 6.12. The van der Waals surface area contributed by atoms with Crippen LogP contribution in [-0.2, 0) is 0 Å². The third-order valence-electron chi connectivity index (χ3n) is 4.71. The maximum absolute atomic E-state index is 11.0. The Morgan fingerprint density at radius 2 is 0.781 bits per heavy atom. The molecule has 160 valence electrons. The lowest BCUT2D eigenvalue weighted by Crippen LogP contribution is -2.07. The van der Waals surface area contributed by atoms with Crippen LogP contribution in [0.1, 0.15) is 41.4 Å². The van der Waals surface area contributed by atoms with Crippen molar-refractivity contribution in [2.24, 2.45) is 0 Å². The fourth-order valence-electron chi connectivity index (χ4n) is 3.29. The quantitative estimate of drug-likeness (QED) is 0.369. The van der Waals surface area contributed by atoms with E-state index in [-0.39, 0.29) is 27.6 Å². The van der Waals surface area contributed by atoms with Gasteiger partial charge in [-0.2, -0.15) is 0 Å². The van der Waals surface area contributed by atoms with E-state index in [0.29, 0.717) is 16.2 Å². The molecule has 0 saturated heterocycles. The van der Waals surface area contributed by atoms with Crippen LogP contribution >= 0.6 is 0 Å². The summed E-state index contributed by atoms with van der Waals surface area (Å²) in [5, 5.41) is 38.1. The Bertz CT molecular complexity index is 1290. The van der Waals surface area contributed by atoms with E-state index in [2.05, 4.69) is 0 Å². The predicted molar refractivity (Wildman–Crippen MR) is 116 cm³/mol. The Balaban J connectivity index is 0.000000181. The number of carboxylic acids is 4. The van der Waals surface area contributed by atoms with Crippen LogP contribution in [0.4, 0.5) is 0 Å². The van der Waals surface area contributed by atoms with Gasteiger partial charge in [-0.3, -0.25) is 0 Å². The maximum atomic E-state index is 11.0. The van der Waals surface area contributed by atoms with Crippen molar-refractivity contribution in [1.82, 2.24) is 0 Å². The molecule has 0 spiro atoms. The van der Waals surface area contributed by atoms with Gasteiger partial charge >= 0.3 is 23.9 Å². The number of hydrogen-bond acceptors (Lipinski definition) is 4. The number of benzene rings is 4. The number of rotatable bonds is 4. The molecule has 0 aliphatic carbocycles. The van der Waals surface area contributed by atoms with Gasteiger partial charge in [-0.05, 0) is 40.4 Å². The Morgan fingerprint density at radius 3 is 1.12 bits per heavy atom. The van der Waals surface area contributed by atoms with Crippen LogP contribution in [0.5, 0.6) is 0 Å². The van der Waals surface area contributed by atoms with Crippen LogP contribution in [-0.4, -0.2) is 44.3 Å². The molecule has 0 atom stereocenters. The van der Waals surface area contributed by atoms with Crippen molar-refractivity contribution >= 4 is 45.4 Å². The first-order valence-electron chi connectivity index (χ1n) is 9.18. The minimum Gasteiger partial charge on any atom is -0.478 e. The van der Waals surface area contributed by atoms with E-state index in [4.69, 9.17) is 20.4 Å². The summed E-state index contributed by atoms with van der Waals surface area (Å²) >= 11 is 0. The molecular weight excluding hydrogens is 416 g/mol. The SMILES string of the molecule is O=C(O)c1cc2ccccc2cc1C(=O)O.O=C(O)c1cccc2cccc(C(=O)O)c12. The summed E-state index contributed by atoms with van der Waals surface area (Å²) in [6.45, 7) is 0. The number of hydrogen-bond donors (Lipinski definition) is 4. The van der Waals surface area contributed by atoms with Crippen LogP contribution in [0.2, 0.25) is 0 Å². The van der Waals surface area contributed by atoms with E-state index in [0.717, 1.165) is 0 Å². The molecule has 4 rings (SSSR count). The normalized spacial score (nSPS) is 10.2. The van der Waals surface area contributed by atoms with E-state index in [1.54, 1.807) is 48.5 Å². The third-order valence-corrected chi connectivity index (χ3v) is 4.71. The van der Waals surface area contributed by atoms with Gasteiger partial charge in [-0.1, -0.05) is 48.5 Å². The van der Waals surface area contributed by atoms with Gasteiger partial charge in [0.05, 0.1) is 22.3 Å². The predicted octanol–water partition coefficient (Wildman–Crippen LogP) is 4.47. The maximum Gasteiger partial charge on any atom is 0.336 e. The lowest BCUT2D eigenvalue weighted by Gasteiger charge is -2.05. The first kappa shape index (κ1) is 22.0. The molecule has 4 N–H and O–H groups in total. The van der Waals surface area contributed by atoms with Crippen LogP contribution < -0.4 is 0 Å². The number of carbonyl (C=O) groups is 4. The monoisotopic (exact) mass is 432 g/mol. The standard InChI is InChI=1S/2C12H8O4/c13-11(14)8-5-1-3-7-4-2-6-9(10(7)8)12(15)16;13-11(14)9-5-7-3-1-2-4-8(7)6-10(9)12(15)16/h2*1-6H,(H,13,14)(H,15,16). The summed E-state index contributed by atoms with van der Waals surface area (Å²) in [4.78, 5) is 43.8. The minimum atomic E-state index is -1.23. The molecule has 4 aromatic carbocycles. The molecule has 0 aromatic heterocycles. The fraction of sp³-hybridized carbons (Fsp3) is 0. The Kier molecular flexibility index (Phi) is 6.16. The third kappa shape index (κ3) is 4.39. The van der Waals surface area contributed by atoms with Gasteiger partial charge in [0.15, 0.2) is 0 Å². The second kappa shape index (κ2) is 8.97. The van der Waals surface area contributed by atoms with Crippen molar-refractivity contribution in [1.29, 1.82) is 0 Å². The fourth-order valence-corrected chi connectivity index (χ4v) is 3.29. The van der Waals surface area contributed by atoms with E-state index >= 15 is 0 Å². The van der Waals surface area contributed by atoms with Crippen LogP contribution in [0, 0.1) is 0 Å². The van der Waals surface area contributed by atoms with Gasteiger partial charge in [-0.15, -0.1) is 0 Å². The van der Waals surface area contributed by atoms with Gasteiger partial charge < -0.3 is 20.4 Å². The van der Waals surface area contributed by atoms with E-state index in [9.17, 15) is 19.2 Å². The molecule has 32 heavy (non-hydrogen) atoms. The molecular formula is C24H16O8. The number of fused-ring (bicyclic) bond motifs is 2. The molecule has 0 heterocycles. The molecule has 8 heteroatoms. The highest BCUT2D eigenvalue weighted by Crippen LogP contribution is 2.23. The average Bonchev–Trinajstić information content (AvgIpc) is 2.77. The molecule has 0 amide bonds. The molecule has 0 fully saturated rings. The van der Waals surface area contributed by atoms with Crippen molar-refractivity contribution < 1.29 is 39.6 Å². The molecule has 0 radical (unpaired) electrons.